The first-order valence-corrected chi connectivity index (χ1v) is 12.4. The molecule has 1 aromatic carbocycles. The second-order valence-electron chi connectivity index (χ2n) is 8.87. The van der Waals surface area contributed by atoms with E-state index < -0.39 is 0 Å². The Hall–Kier alpha value is -1.86. The third kappa shape index (κ3) is 6.32. The molecule has 3 unspecified atom stereocenters. The molecule has 0 saturated heterocycles. The van der Waals surface area contributed by atoms with Gasteiger partial charge in [0.1, 0.15) is 0 Å². The zero-order valence-electron chi connectivity index (χ0n) is 19.1. The highest BCUT2D eigenvalue weighted by atomic mass is 32.2. The molecule has 0 radical (unpaired) electrons. The van der Waals surface area contributed by atoms with Gasteiger partial charge in [0.15, 0.2) is 5.16 Å². The standard InChI is InChI=1S/C24H35N3O3S/c1-16(2)30-14-8-13-27-23(29)19-10-5-6-11-21(19)26-24(27)31-15-22(28)25-20-12-7-9-17(3)18(20)4/h5-6,10-11,16-18,20H,7-9,12-15H2,1-4H3,(H,25,28). The lowest BCUT2D eigenvalue weighted by Gasteiger charge is -2.34. The van der Waals surface area contributed by atoms with Gasteiger partial charge in [-0.05, 0) is 50.7 Å². The van der Waals surface area contributed by atoms with Crippen LogP contribution in [-0.4, -0.2) is 40.0 Å². The number of aromatic nitrogens is 2. The Morgan fingerprint density at radius 1 is 1.29 bits per heavy atom. The lowest BCUT2D eigenvalue weighted by atomic mass is 9.78. The van der Waals surface area contributed by atoms with E-state index in [9.17, 15) is 9.59 Å². The van der Waals surface area contributed by atoms with E-state index in [1.807, 2.05) is 32.0 Å². The Morgan fingerprint density at radius 3 is 2.84 bits per heavy atom. The fraction of sp³-hybridized carbons (Fsp3) is 0.625. The number of nitrogens with one attached hydrogen (secondary N) is 1. The highest BCUT2D eigenvalue weighted by Crippen LogP contribution is 2.29. The lowest BCUT2D eigenvalue weighted by molar-refractivity contribution is -0.120. The van der Waals surface area contributed by atoms with Gasteiger partial charge in [-0.3, -0.25) is 14.2 Å². The molecule has 3 rings (SSSR count). The number of rotatable bonds is 9. The predicted molar refractivity (Wildman–Crippen MR) is 127 cm³/mol. The highest BCUT2D eigenvalue weighted by Gasteiger charge is 2.28. The van der Waals surface area contributed by atoms with Gasteiger partial charge in [0.2, 0.25) is 5.91 Å². The Morgan fingerprint density at radius 2 is 2.06 bits per heavy atom. The molecule has 6 nitrogen and oxygen atoms in total. The largest absolute Gasteiger partial charge is 0.379 e. The van der Waals surface area contributed by atoms with Crippen LogP contribution in [0.25, 0.3) is 10.9 Å². The molecule has 170 valence electrons. The number of amides is 1. The predicted octanol–water partition coefficient (Wildman–Crippen LogP) is 4.24. The second kappa shape index (κ2) is 11.1. The molecule has 0 aliphatic heterocycles. The van der Waals surface area contributed by atoms with Crippen molar-refractivity contribution in [3.63, 3.8) is 0 Å². The first-order chi connectivity index (χ1) is 14.9. The monoisotopic (exact) mass is 445 g/mol. The zero-order chi connectivity index (χ0) is 22.4. The van der Waals surface area contributed by atoms with Crippen LogP contribution < -0.4 is 10.9 Å². The van der Waals surface area contributed by atoms with E-state index >= 15 is 0 Å². The van der Waals surface area contributed by atoms with Crippen LogP contribution in [0.4, 0.5) is 0 Å². The van der Waals surface area contributed by atoms with Gasteiger partial charge in [-0.15, -0.1) is 0 Å². The van der Waals surface area contributed by atoms with Crippen molar-refractivity contribution in [1.29, 1.82) is 0 Å². The van der Waals surface area contributed by atoms with Crippen molar-refractivity contribution in [3.05, 3.63) is 34.6 Å². The van der Waals surface area contributed by atoms with E-state index in [0.717, 1.165) is 19.3 Å². The number of para-hydroxylation sites is 1. The summed E-state index contributed by atoms with van der Waals surface area (Å²) in [6, 6.07) is 7.61. The van der Waals surface area contributed by atoms with Crippen LogP contribution in [0, 0.1) is 11.8 Å². The van der Waals surface area contributed by atoms with Crippen LogP contribution in [0.3, 0.4) is 0 Å². The van der Waals surface area contributed by atoms with Gasteiger partial charge in [-0.1, -0.05) is 50.6 Å². The molecule has 1 amide bonds. The fourth-order valence-corrected chi connectivity index (χ4v) is 5.00. The van der Waals surface area contributed by atoms with Gasteiger partial charge < -0.3 is 10.1 Å². The van der Waals surface area contributed by atoms with Gasteiger partial charge >= 0.3 is 0 Å². The average molecular weight is 446 g/mol. The molecule has 31 heavy (non-hydrogen) atoms. The normalized spacial score (nSPS) is 21.5. The second-order valence-corrected chi connectivity index (χ2v) is 9.81. The molecular formula is C24H35N3O3S. The van der Waals surface area contributed by atoms with E-state index in [1.54, 1.807) is 10.6 Å². The topological polar surface area (TPSA) is 73.2 Å². The molecule has 1 saturated carbocycles. The summed E-state index contributed by atoms with van der Waals surface area (Å²) in [5.41, 5.74) is 0.604. The van der Waals surface area contributed by atoms with Crippen molar-refractivity contribution >= 4 is 28.6 Å². The van der Waals surface area contributed by atoms with Crippen LogP contribution in [0.2, 0.25) is 0 Å². The number of benzene rings is 1. The van der Waals surface area contributed by atoms with Gasteiger partial charge in [-0.2, -0.15) is 0 Å². The van der Waals surface area contributed by atoms with Crippen LogP contribution in [0.15, 0.2) is 34.2 Å². The minimum atomic E-state index is -0.0622. The minimum absolute atomic E-state index is 0.00745. The quantitative estimate of drug-likeness (QED) is 0.355. The van der Waals surface area contributed by atoms with Gasteiger partial charge in [0.25, 0.3) is 5.56 Å². The van der Waals surface area contributed by atoms with E-state index in [1.165, 1.54) is 18.2 Å². The fourth-order valence-electron chi connectivity index (χ4n) is 4.16. The summed E-state index contributed by atoms with van der Waals surface area (Å²) >= 11 is 1.34. The van der Waals surface area contributed by atoms with Crippen molar-refractivity contribution in [3.8, 4) is 0 Å². The maximum Gasteiger partial charge on any atom is 0.262 e. The lowest BCUT2D eigenvalue weighted by Crippen LogP contribution is -2.44. The third-order valence-electron chi connectivity index (χ3n) is 6.19. The first kappa shape index (κ1) is 23.8. The van der Waals surface area contributed by atoms with Crippen molar-refractivity contribution in [2.24, 2.45) is 11.8 Å². The van der Waals surface area contributed by atoms with Gasteiger partial charge in [0.05, 0.1) is 22.8 Å². The molecule has 1 aromatic heterocycles. The maximum absolute atomic E-state index is 13.1. The van der Waals surface area contributed by atoms with Crippen molar-refractivity contribution in [2.75, 3.05) is 12.4 Å². The van der Waals surface area contributed by atoms with E-state index in [0.29, 0.717) is 41.0 Å². The SMILES string of the molecule is CC(C)OCCCn1c(SCC(=O)NC2CCCC(C)C2C)nc2ccccc2c1=O. The number of nitrogens with zero attached hydrogens (tertiary/aromatic N) is 2. The van der Waals surface area contributed by atoms with Crippen LogP contribution in [0.1, 0.15) is 53.4 Å². The minimum Gasteiger partial charge on any atom is -0.379 e. The molecule has 1 fully saturated rings. The molecule has 3 atom stereocenters. The van der Waals surface area contributed by atoms with Crippen LogP contribution in [-0.2, 0) is 16.1 Å². The molecule has 2 aromatic rings. The van der Waals surface area contributed by atoms with Crippen molar-refractivity contribution in [1.82, 2.24) is 14.9 Å². The molecule has 1 N–H and O–H groups in total. The van der Waals surface area contributed by atoms with Crippen LogP contribution in [0.5, 0.6) is 0 Å². The molecular weight excluding hydrogens is 410 g/mol. The van der Waals surface area contributed by atoms with Gasteiger partial charge in [0, 0.05) is 19.2 Å². The molecule has 0 bridgehead atoms. The summed E-state index contributed by atoms with van der Waals surface area (Å²) in [6.45, 7) is 9.58. The number of carbonyl (C=O) groups excluding carboxylic acids is 1. The maximum atomic E-state index is 13.1. The molecule has 7 heteroatoms. The molecule has 1 aliphatic rings. The molecule has 1 aliphatic carbocycles. The number of ether oxygens (including phenoxy) is 1. The van der Waals surface area contributed by atoms with Crippen molar-refractivity contribution < 1.29 is 9.53 Å². The highest BCUT2D eigenvalue weighted by molar-refractivity contribution is 7.99. The van der Waals surface area contributed by atoms with Crippen LogP contribution >= 0.6 is 11.8 Å². The average Bonchev–Trinajstić information content (AvgIpc) is 2.74. The third-order valence-corrected chi connectivity index (χ3v) is 7.17. The number of fused-ring (bicyclic) bond motifs is 1. The Kier molecular flexibility index (Phi) is 8.55. The summed E-state index contributed by atoms with van der Waals surface area (Å²) in [7, 11) is 0. The summed E-state index contributed by atoms with van der Waals surface area (Å²) in [4.78, 5) is 30.5. The van der Waals surface area contributed by atoms with Crippen molar-refractivity contribution in [2.45, 2.75) is 77.2 Å². The van der Waals surface area contributed by atoms with E-state index in [2.05, 4.69) is 19.2 Å². The smallest absolute Gasteiger partial charge is 0.262 e. The number of thioether (sulfide) groups is 1. The molecule has 1 heterocycles. The number of carbonyl (C=O) groups is 1. The van der Waals surface area contributed by atoms with E-state index in [4.69, 9.17) is 9.72 Å². The first-order valence-electron chi connectivity index (χ1n) is 11.4. The summed E-state index contributed by atoms with van der Waals surface area (Å²) in [5, 5.41) is 4.40. The van der Waals surface area contributed by atoms with Gasteiger partial charge in [-0.25, -0.2) is 4.98 Å². The zero-order valence-corrected chi connectivity index (χ0v) is 19.9. The Bertz CT molecular complexity index is 943. The number of hydrogen-bond acceptors (Lipinski definition) is 5. The van der Waals surface area contributed by atoms with E-state index in [-0.39, 0.29) is 29.4 Å². The summed E-state index contributed by atoms with van der Waals surface area (Å²) < 4.78 is 7.32. The number of hydrogen-bond donors (Lipinski definition) is 1. The summed E-state index contributed by atoms with van der Waals surface area (Å²) in [6.07, 6.45) is 4.31. The Labute approximate surface area is 189 Å². The molecule has 0 spiro atoms. The summed E-state index contributed by atoms with van der Waals surface area (Å²) in [5.74, 6) is 1.38. The Balaban J connectivity index is 1.71.